The molecule has 0 heterocycles. The van der Waals surface area contributed by atoms with Crippen LogP contribution >= 0.6 is 11.6 Å². The summed E-state index contributed by atoms with van der Waals surface area (Å²) < 4.78 is 1.01. The highest BCUT2D eigenvalue weighted by molar-refractivity contribution is 6.18. The molecular weight excluding hydrogens is 581 g/mol. The van der Waals surface area contributed by atoms with E-state index in [2.05, 4.69) is 20.9 Å². The Morgan fingerprint density at radius 2 is 0.614 bits per heavy atom. The Bertz CT molecular complexity index is 482. The number of hydrogen-bond donors (Lipinski definition) is 1. The highest BCUT2D eigenvalue weighted by Gasteiger charge is 2.24. The Hall–Kier alpha value is 0.500. The van der Waals surface area contributed by atoms with Crippen LogP contribution in [0.25, 0.3) is 0 Å². The Kier molecular flexibility index (Phi) is 40.2. The summed E-state index contributed by atoms with van der Waals surface area (Å²) in [4.78, 5) is 0. The summed E-state index contributed by atoms with van der Waals surface area (Å²) >= 11 is 6.00. The minimum absolute atomic E-state index is 0. The van der Waals surface area contributed by atoms with Crippen molar-refractivity contribution in [2.45, 2.75) is 225 Å². The topological polar surface area (TPSA) is 20.2 Å². The summed E-state index contributed by atoms with van der Waals surface area (Å²) in [5.74, 6) is 0.367. The van der Waals surface area contributed by atoms with Gasteiger partial charge < -0.3 is 22.0 Å². The minimum atomic E-state index is -0.367. The molecule has 0 aromatic rings. The van der Waals surface area contributed by atoms with Crippen LogP contribution in [0.4, 0.5) is 0 Å². The molecule has 0 saturated heterocycles. The molecule has 2 nitrogen and oxygen atoms in total. The molecule has 0 radical (unpaired) electrons. The van der Waals surface area contributed by atoms with E-state index in [1.54, 1.807) is 0 Å². The third-order valence-electron chi connectivity index (χ3n) is 9.93. The van der Waals surface area contributed by atoms with E-state index in [4.69, 9.17) is 11.6 Å². The number of halogens is 2. The van der Waals surface area contributed by atoms with Gasteiger partial charge in [-0.15, -0.1) is 11.6 Å². The third-order valence-corrected chi connectivity index (χ3v) is 10.3. The van der Waals surface area contributed by atoms with Gasteiger partial charge >= 0.3 is 0 Å². The molecule has 0 fully saturated rings. The molecular formula is C40H83Cl2NO. The Balaban J connectivity index is 0. The van der Waals surface area contributed by atoms with Crippen LogP contribution < -0.4 is 12.4 Å². The van der Waals surface area contributed by atoms with Gasteiger partial charge in [0.1, 0.15) is 12.6 Å². The second-order valence-electron chi connectivity index (χ2n) is 14.7. The summed E-state index contributed by atoms with van der Waals surface area (Å²) in [5.41, 5.74) is 0. The first kappa shape index (κ1) is 46.6. The van der Waals surface area contributed by atoms with Crippen molar-refractivity contribution in [1.29, 1.82) is 0 Å². The Morgan fingerprint density at radius 1 is 0.409 bits per heavy atom. The molecule has 0 rings (SSSR count). The number of likely N-dealkylation sites (N-methyl/N-ethyl adjacent to an activating group) is 1. The molecule has 0 spiro atoms. The lowest BCUT2D eigenvalue weighted by Crippen LogP contribution is -3.00. The highest BCUT2D eigenvalue weighted by atomic mass is 35.5. The minimum Gasteiger partial charge on any atom is -1.00 e. The van der Waals surface area contributed by atoms with Crippen molar-refractivity contribution < 1.29 is 22.0 Å². The molecule has 1 atom stereocenters. The first-order chi connectivity index (χ1) is 21.1. The smallest absolute Gasteiger partial charge is 0.116 e. The second-order valence-corrected chi connectivity index (χ2v) is 15.0. The van der Waals surface area contributed by atoms with E-state index in [0.717, 1.165) is 11.0 Å². The fraction of sp³-hybridized carbons (Fsp3) is 1.00. The van der Waals surface area contributed by atoms with Crippen LogP contribution in [-0.4, -0.2) is 48.3 Å². The van der Waals surface area contributed by atoms with Crippen molar-refractivity contribution in [1.82, 2.24) is 0 Å². The van der Waals surface area contributed by atoms with Gasteiger partial charge in [0.2, 0.25) is 0 Å². The summed E-state index contributed by atoms with van der Waals surface area (Å²) in [6, 6.07) is 0. The van der Waals surface area contributed by atoms with Crippen LogP contribution in [0.3, 0.4) is 0 Å². The standard InChI is InChI=1S/C40H83ClNO.ClH/c1-4-6-8-10-12-14-16-18-20-22-24-26-28-30-32-34-36-42(3,39-40(43)38-41)37-35-33-31-29-27-25-23-21-19-17-15-13-11-9-7-5-2;/h40,43H,4-39H2,1-3H3;1H/q+1;/p-1. The van der Waals surface area contributed by atoms with Crippen molar-refractivity contribution in [2.75, 3.05) is 32.6 Å². The number of aliphatic hydroxyl groups is 1. The third kappa shape index (κ3) is 35.4. The van der Waals surface area contributed by atoms with E-state index in [0.29, 0.717) is 5.88 Å². The van der Waals surface area contributed by atoms with Crippen LogP contribution in [0.15, 0.2) is 0 Å². The fourth-order valence-corrected chi connectivity index (χ4v) is 7.03. The van der Waals surface area contributed by atoms with Gasteiger partial charge in [0.15, 0.2) is 0 Å². The van der Waals surface area contributed by atoms with Gasteiger partial charge in [-0.1, -0.05) is 194 Å². The molecule has 44 heavy (non-hydrogen) atoms. The Morgan fingerprint density at radius 3 is 0.818 bits per heavy atom. The Labute approximate surface area is 290 Å². The van der Waals surface area contributed by atoms with Crippen LogP contribution in [0.2, 0.25) is 0 Å². The van der Waals surface area contributed by atoms with Gasteiger partial charge in [-0.2, -0.15) is 0 Å². The first-order valence-corrected chi connectivity index (χ1v) is 20.7. The van der Waals surface area contributed by atoms with Crippen LogP contribution in [0.5, 0.6) is 0 Å². The van der Waals surface area contributed by atoms with E-state index >= 15 is 0 Å². The molecule has 0 aromatic heterocycles. The van der Waals surface area contributed by atoms with Crippen molar-refractivity contribution in [2.24, 2.45) is 0 Å². The van der Waals surface area contributed by atoms with E-state index in [9.17, 15) is 5.11 Å². The number of aliphatic hydroxyl groups excluding tert-OH is 1. The number of quaternary nitrogens is 1. The van der Waals surface area contributed by atoms with E-state index < -0.39 is 0 Å². The molecule has 0 aliphatic carbocycles. The zero-order valence-corrected chi connectivity index (χ0v) is 32.2. The number of rotatable bonds is 37. The predicted octanol–water partition coefficient (Wildman–Crippen LogP) is 10.6. The molecule has 0 saturated carbocycles. The average molecular weight is 665 g/mol. The zero-order valence-electron chi connectivity index (χ0n) is 30.7. The van der Waals surface area contributed by atoms with Gasteiger partial charge in [0.25, 0.3) is 0 Å². The maximum atomic E-state index is 10.3. The molecule has 0 aromatic carbocycles. The first-order valence-electron chi connectivity index (χ1n) is 20.2. The molecule has 1 N–H and O–H groups in total. The summed E-state index contributed by atoms with van der Waals surface area (Å²) in [6.45, 7) is 7.82. The van der Waals surface area contributed by atoms with Crippen LogP contribution in [-0.2, 0) is 0 Å². The number of hydrogen-bond acceptors (Lipinski definition) is 1. The fourth-order valence-electron chi connectivity index (χ4n) is 6.94. The number of nitrogens with zero attached hydrogens (tertiary/aromatic N) is 1. The zero-order chi connectivity index (χ0) is 31.5. The second kappa shape index (κ2) is 38.0. The maximum absolute atomic E-state index is 10.3. The SMILES string of the molecule is CCCCCCCCCCCCCCCCCC[N+](C)(CCCCCCCCCCCCCCCCCC)CC(O)CCl.[Cl-]. The van der Waals surface area contributed by atoms with E-state index in [1.807, 2.05) is 0 Å². The van der Waals surface area contributed by atoms with Crippen LogP contribution in [0, 0.1) is 0 Å². The molecule has 0 bridgehead atoms. The van der Waals surface area contributed by atoms with Gasteiger partial charge in [0, 0.05) is 0 Å². The lowest BCUT2D eigenvalue weighted by atomic mass is 10.0. The molecule has 0 aliphatic heterocycles. The highest BCUT2D eigenvalue weighted by Crippen LogP contribution is 2.18. The summed E-state index contributed by atoms with van der Waals surface area (Å²) in [7, 11) is 2.37. The number of alkyl halides is 1. The lowest BCUT2D eigenvalue weighted by Gasteiger charge is -2.36. The van der Waals surface area contributed by atoms with Crippen molar-refractivity contribution >= 4 is 11.6 Å². The predicted molar refractivity (Wildman–Crippen MR) is 197 cm³/mol. The largest absolute Gasteiger partial charge is 1.00 e. The maximum Gasteiger partial charge on any atom is 0.116 e. The quantitative estimate of drug-likeness (QED) is 0.0398. The van der Waals surface area contributed by atoms with Crippen molar-refractivity contribution in [3.63, 3.8) is 0 Å². The van der Waals surface area contributed by atoms with Crippen molar-refractivity contribution in [3.8, 4) is 0 Å². The van der Waals surface area contributed by atoms with E-state index in [1.165, 1.54) is 219 Å². The molecule has 4 heteroatoms. The average Bonchev–Trinajstić information content (AvgIpc) is 3.00. The molecule has 0 amide bonds. The molecule has 1 unspecified atom stereocenters. The summed E-state index contributed by atoms with van der Waals surface area (Å²) in [5, 5.41) is 10.3. The molecule has 268 valence electrons. The van der Waals surface area contributed by atoms with Gasteiger partial charge in [-0.25, -0.2) is 0 Å². The normalized spacial score (nSPS) is 12.5. The van der Waals surface area contributed by atoms with Crippen molar-refractivity contribution in [3.05, 3.63) is 0 Å². The van der Waals surface area contributed by atoms with Gasteiger partial charge in [-0.3, -0.25) is 0 Å². The molecule has 0 aliphatic rings. The van der Waals surface area contributed by atoms with Gasteiger partial charge in [-0.05, 0) is 25.7 Å². The lowest BCUT2D eigenvalue weighted by molar-refractivity contribution is -0.912. The number of unbranched alkanes of at least 4 members (excludes halogenated alkanes) is 30. The van der Waals surface area contributed by atoms with Crippen LogP contribution in [0.1, 0.15) is 219 Å². The summed E-state index contributed by atoms with van der Waals surface area (Å²) in [6.07, 6.45) is 45.1. The van der Waals surface area contributed by atoms with E-state index in [-0.39, 0.29) is 18.5 Å². The van der Waals surface area contributed by atoms with Gasteiger partial charge in [0.05, 0.1) is 26.0 Å². The monoisotopic (exact) mass is 664 g/mol.